The first-order valence-corrected chi connectivity index (χ1v) is 8.05. The summed E-state index contributed by atoms with van der Waals surface area (Å²) in [4.78, 5) is 0.747. The summed E-state index contributed by atoms with van der Waals surface area (Å²) in [5.41, 5.74) is 0. The van der Waals surface area contributed by atoms with Crippen LogP contribution in [0.5, 0.6) is 0 Å². The van der Waals surface area contributed by atoms with Gasteiger partial charge in [0.05, 0.1) is 12.3 Å². The molecule has 23 heavy (non-hydrogen) atoms. The molecule has 0 spiro atoms. The van der Waals surface area contributed by atoms with Crippen LogP contribution in [-0.4, -0.2) is 34.0 Å². The molecule has 1 atom stereocenters. The Hall–Kier alpha value is -1.84. The number of likely N-dealkylation sites (N-methyl/N-ethyl adjacent to an activating group) is 1. The second-order valence-electron chi connectivity index (χ2n) is 5.02. The van der Waals surface area contributed by atoms with Gasteiger partial charge in [0.2, 0.25) is 10.0 Å². The van der Waals surface area contributed by atoms with Crippen molar-refractivity contribution in [3.8, 4) is 0 Å². The van der Waals surface area contributed by atoms with E-state index in [1.165, 1.54) is 6.26 Å². The first kappa shape index (κ1) is 17.5. The predicted molar refractivity (Wildman–Crippen MR) is 76.6 cm³/mol. The van der Waals surface area contributed by atoms with Crippen LogP contribution in [0.1, 0.15) is 11.8 Å². The highest BCUT2D eigenvalue weighted by molar-refractivity contribution is 7.89. The van der Waals surface area contributed by atoms with Crippen molar-refractivity contribution in [2.24, 2.45) is 0 Å². The number of nitrogens with zero attached hydrogens (tertiary/aromatic N) is 1. The molecule has 5 nitrogen and oxygen atoms in total. The largest absolute Gasteiger partial charge is 0.468 e. The lowest BCUT2D eigenvalue weighted by Crippen LogP contribution is -2.34. The van der Waals surface area contributed by atoms with Crippen LogP contribution in [0.2, 0.25) is 0 Å². The number of halogens is 3. The van der Waals surface area contributed by atoms with E-state index < -0.39 is 38.4 Å². The van der Waals surface area contributed by atoms with Gasteiger partial charge in [-0.25, -0.2) is 26.3 Å². The lowest BCUT2D eigenvalue weighted by atomic mass is 10.2. The van der Waals surface area contributed by atoms with E-state index in [1.807, 2.05) is 0 Å². The first-order chi connectivity index (χ1) is 10.7. The first-order valence-electron chi connectivity index (χ1n) is 6.57. The Bertz CT molecular complexity index is 777. The van der Waals surface area contributed by atoms with E-state index in [-0.39, 0.29) is 6.54 Å². The molecule has 2 rings (SSSR count). The highest BCUT2D eigenvalue weighted by Gasteiger charge is 2.26. The quantitative estimate of drug-likeness (QED) is 0.814. The SMILES string of the molecule is CN(C)C(CNS(=O)(=O)c1ccc(F)c(F)c1F)c1ccco1. The molecule has 0 aliphatic rings. The van der Waals surface area contributed by atoms with Gasteiger partial charge in [0.15, 0.2) is 17.5 Å². The van der Waals surface area contributed by atoms with Crippen molar-refractivity contribution in [1.29, 1.82) is 0 Å². The summed E-state index contributed by atoms with van der Waals surface area (Å²) in [6.07, 6.45) is 1.44. The van der Waals surface area contributed by atoms with Crippen LogP contribution in [0.4, 0.5) is 13.2 Å². The van der Waals surface area contributed by atoms with E-state index in [1.54, 1.807) is 31.1 Å². The van der Waals surface area contributed by atoms with Gasteiger partial charge in [-0.3, -0.25) is 4.90 Å². The third-order valence-corrected chi connectivity index (χ3v) is 4.69. The molecule has 0 amide bonds. The average Bonchev–Trinajstić information content (AvgIpc) is 2.98. The van der Waals surface area contributed by atoms with Crippen molar-refractivity contribution in [2.45, 2.75) is 10.9 Å². The standard InChI is InChI=1S/C14H15F3N2O3S/c1-19(2)10(11-4-3-7-22-11)8-18-23(20,21)12-6-5-9(15)13(16)14(12)17/h3-7,10,18H,8H2,1-2H3. The van der Waals surface area contributed by atoms with Gasteiger partial charge in [0.1, 0.15) is 10.7 Å². The topological polar surface area (TPSA) is 62.6 Å². The third kappa shape index (κ3) is 3.74. The summed E-state index contributed by atoms with van der Waals surface area (Å²) >= 11 is 0. The maximum Gasteiger partial charge on any atom is 0.243 e. The number of sulfonamides is 1. The summed E-state index contributed by atoms with van der Waals surface area (Å²) < 4.78 is 71.4. The smallest absolute Gasteiger partial charge is 0.243 e. The maximum absolute atomic E-state index is 13.7. The van der Waals surface area contributed by atoms with Crippen LogP contribution in [0.25, 0.3) is 0 Å². The summed E-state index contributed by atoms with van der Waals surface area (Å²) in [5, 5.41) is 0. The van der Waals surface area contributed by atoms with Crippen molar-refractivity contribution >= 4 is 10.0 Å². The van der Waals surface area contributed by atoms with Crippen LogP contribution in [0.15, 0.2) is 39.8 Å². The molecule has 0 bridgehead atoms. The zero-order chi connectivity index (χ0) is 17.2. The lowest BCUT2D eigenvalue weighted by molar-refractivity contribution is 0.259. The van der Waals surface area contributed by atoms with Crippen LogP contribution in [0.3, 0.4) is 0 Å². The van der Waals surface area contributed by atoms with E-state index in [4.69, 9.17) is 4.42 Å². The van der Waals surface area contributed by atoms with E-state index in [9.17, 15) is 21.6 Å². The van der Waals surface area contributed by atoms with Gasteiger partial charge in [-0.05, 0) is 38.4 Å². The molecule has 1 unspecified atom stereocenters. The Balaban J connectivity index is 2.23. The van der Waals surface area contributed by atoms with Crippen molar-refractivity contribution in [1.82, 2.24) is 9.62 Å². The maximum atomic E-state index is 13.7. The normalized spacial score (nSPS) is 13.5. The van der Waals surface area contributed by atoms with Crippen molar-refractivity contribution < 1.29 is 26.0 Å². The van der Waals surface area contributed by atoms with Crippen molar-refractivity contribution in [2.75, 3.05) is 20.6 Å². The molecule has 0 saturated carbocycles. The number of benzene rings is 1. The third-order valence-electron chi connectivity index (χ3n) is 3.25. The Kier molecular flexibility index (Phi) is 5.12. The molecule has 1 heterocycles. The Labute approximate surface area is 131 Å². The highest BCUT2D eigenvalue weighted by Crippen LogP contribution is 2.21. The Morgan fingerprint density at radius 1 is 1.17 bits per heavy atom. The Morgan fingerprint density at radius 2 is 1.87 bits per heavy atom. The van der Waals surface area contributed by atoms with Crippen molar-refractivity contribution in [3.05, 3.63) is 53.7 Å². The molecule has 0 radical (unpaired) electrons. The van der Waals surface area contributed by atoms with Crippen LogP contribution in [-0.2, 0) is 10.0 Å². The van der Waals surface area contributed by atoms with Crippen molar-refractivity contribution in [3.63, 3.8) is 0 Å². The molecule has 0 aliphatic heterocycles. The number of hydrogen-bond donors (Lipinski definition) is 1. The molecule has 0 fully saturated rings. The zero-order valence-electron chi connectivity index (χ0n) is 12.4. The Morgan fingerprint density at radius 3 is 2.43 bits per heavy atom. The van der Waals surface area contributed by atoms with E-state index in [0.717, 1.165) is 0 Å². The molecule has 0 saturated heterocycles. The molecule has 2 aromatic rings. The molecule has 126 valence electrons. The fourth-order valence-electron chi connectivity index (χ4n) is 2.00. The van der Waals surface area contributed by atoms with Gasteiger partial charge >= 0.3 is 0 Å². The monoisotopic (exact) mass is 348 g/mol. The molecule has 1 N–H and O–H groups in total. The van der Waals surface area contributed by atoms with Gasteiger partial charge in [0, 0.05) is 6.54 Å². The molecular formula is C14H15F3N2O3S. The van der Waals surface area contributed by atoms with Crippen LogP contribution in [0, 0.1) is 17.5 Å². The van der Waals surface area contributed by atoms with Crippen LogP contribution >= 0.6 is 0 Å². The lowest BCUT2D eigenvalue weighted by Gasteiger charge is -2.22. The summed E-state index contributed by atoms with van der Waals surface area (Å²) in [7, 11) is -0.934. The number of hydrogen-bond acceptors (Lipinski definition) is 4. The minimum absolute atomic E-state index is 0.138. The summed E-state index contributed by atoms with van der Waals surface area (Å²) in [6, 6.07) is 4.09. The van der Waals surface area contributed by atoms with E-state index in [2.05, 4.69) is 4.72 Å². The van der Waals surface area contributed by atoms with Gasteiger partial charge < -0.3 is 4.42 Å². The molecule has 1 aromatic heterocycles. The number of nitrogens with one attached hydrogen (secondary N) is 1. The molecular weight excluding hydrogens is 333 g/mol. The van der Waals surface area contributed by atoms with Crippen LogP contribution < -0.4 is 4.72 Å². The zero-order valence-corrected chi connectivity index (χ0v) is 13.2. The van der Waals surface area contributed by atoms with E-state index in [0.29, 0.717) is 17.9 Å². The minimum atomic E-state index is -4.35. The highest BCUT2D eigenvalue weighted by atomic mass is 32.2. The summed E-state index contributed by atoms with van der Waals surface area (Å²) in [6.45, 7) is -0.138. The molecule has 0 aliphatic carbocycles. The second kappa shape index (κ2) is 6.73. The average molecular weight is 348 g/mol. The predicted octanol–water partition coefficient (Wildman–Crippen LogP) is 2.28. The van der Waals surface area contributed by atoms with Gasteiger partial charge in [-0.1, -0.05) is 0 Å². The minimum Gasteiger partial charge on any atom is -0.468 e. The fourth-order valence-corrected chi connectivity index (χ4v) is 3.11. The number of rotatable bonds is 6. The fraction of sp³-hybridized carbons (Fsp3) is 0.286. The van der Waals surface area contributed by atoms with E-state index >= 15 is 0 Å². The van der Waals surface area contributed by atoms with Gasteiger partial charge in [-0.15, -0.1) is 0 Å². The van der Waals surface area contributed by atoms with Gasteiger partial charge in [0.25, 0.3) is 0 Å². The summed E-state index contributed by atoms with van der Waals surface area (Å²) in [5.74, 6) is -4.54. The number of furan rings is 1. The second-order valence-corrected chi connectivity index (χ2v) is 6.76. The molecule has 9 heteroatoms. The van der Waals surface area contributed by atoms with Gasteiger partial charge in [-0.2, -0.15) is 0 Å². The molecule has 1 aromatic carbocycles.